The van der Waals surface area contributed by atoms with Gasteiger partial charge in [0.1, 0.15) is 0 Å². The van der Waals surface area contributed by atoms with Gasteiger partial charge in [0.05, 0.1) is 11.2 Å². The monoisotopic (exact) mass is 617 g/mol. The Bertz CT molecular complexity index is 2140. The van der Waals surface area contributed by atoms with Crippen LogP contribution in [0.5, 0.6) is 0 Å². The van der Waals surface area contributed by atoms with Crippen molar-refractivity contribution in [3.05, 3.63) is 121 Å². The lowest BCUT2D eigenvalue weighted by Gasteiger charge is -2.32. The van der Waals surface area contributed by atoms with E-state index in [9.17, 15) is 0 Å². The molecule has 46 heavy (non-hydrogen) atoms. The molecule has 5 nitrogen and oxygen atoms in total. The number of nitrogens with zero attached hydrogens (tertiary/aromatic N) is 3. The van der Waals surface area contributed by atoms with Crippen molar-refractivity contribution in [3.63, 3.8) is 0 Å². The fourth-order valence-corrected chi connectivity index (χ4v) is 7.15. The van der Waals surface area contributed by atoms with Crippen LogP contribution < -0.4 is 5.46 Å². The summed E-state index contributed by atoms with van der Waals surface area (Å²) in [5, 5.41) is 2.45. The van der Waals surface area contributed by atoms with Crippen molar-refractivity contribution in [2.75, 3.05) is 0 Å². The van der Waals surface area contributed by atoms with Gasteiger partial charge < -0.3 is 9.31 Å². The Hall–Kier alpha value is -4.69. The van der Waals surface area contributed by atoms with Crippen LogP contribution in [0.2, 0.25) is 0 Å². The zero-order valence-corrected chi connectivity index (χ0v) is 27.0. The maximum Gasteiger partial charge on any atom is 0.495 e. The van der Waals surface area contributed by atoms with Gasteiger partial charge in [-0.25, -0.2) is 15.0 Å². The predicted octanol–water partition coefficient (Wildman–Crippen LogP) is 9.21. The summed E-state index contributed by atoms with van der Waals surface area (Å²) in [7, 11) is -0.492. The minimum absolute atomic E-state index is 0.448. The lowest BCUT2D eigenvalue weighted by molar-refractivity contribution is 0.00578. The molecule has 1 fully saturated rings. The molecule has 2 aromatic heterocycles. The highest BCUT2D eigenvalue weighted by Gasteiger charge is 2.52. The molecule has 3 heterocycles. The summed E-state index contributed by atoms with van der Waals surface area (Å²) in [6.45, 7) is 8.40. The standard InChI is InChI=1S/C39H32BN3O2S/c1-38(2)39(3,4)45-40(44-38)30-23-24-32-34(29-17-11-12-18-31(29)46-32)33(30)25-19-21-28(22-20-25)37-42-35(26-13-7-5-8-14-26)41-36(43-37)27-15-9-6-10-16-27/h5-24H,1-4H3. The van der Waals surface area contributed by atoms with E-state index >= 15 is 0 Å². The highest BCUT2D eigenvalue weighted by atomic mass is 32.1. The van der Waals surface area contributed by atoms with Gasteiger partial charge in [0.2, 0.25) is 0 Å². The Morgan fingerprint density at radius 2 is 0.978 bits per heavy atom. The average Bonchev–Trinajstić information content (AvgIpc) is 3.57. The second kappa shape index (κ2) is 11.0. The summed E-state index contributed by atoms with van der Waals surface area (Å²) in [6, 6.07) is 41.7. The van der Waals surface area contributed by atoms with E-state index in [2.05, 4.69) is 88.4 Å². The predicted molar refractivity (Wildman–Crippen MR) is 190 cm³/mol. The number of benzene rings is 5. The largest absolute Gasteiger partial charge is 0.495 e. The fourth-order valence-electron chi connectivity index (χ4n) is 6.03. The number of hydrogen-bond donors (Lipinski definition) is 0. The maximum atomic E-state index is 6.61. The van der Waals surface area contributed by atoms with Gasteiger partial charge in [0.25, 0.3) is 0 Å². The SMILES string of the molecule is CC1(C)OB(c2ccc3sc4ccccc4c3c2-c2ccc(-c3nc(-c4ccccc4)nc(-c4ccccc4)n3)cc2)OC1(C)C. The second-order valence-corrected chi connectivity index (χ2v) is 13.8. The smallest absolute Gasteiger partial charge is 0.399 e. The van der Waals surface area contributed by atoms with Gasteiger partial charge in [-0.3, -0.25) is 0 Å². The Labute approximate surface area is 273 Å². The van der Waals surface area contributed by atoms with Gasteiger partial charge in [-0.2, -0.15) is 0 Å². The van der Waals surface area contributed by atoms with Crippen molar-refractivity contribution in [2.24, 2.45) is 0 Å². The minimum atomic E-state index is -0.492. The molecule has 1 aliphatic rings. The Balaban J connectivity index is 1.28. The summed E-state index contributed by atoms with van der Waals surface area (Å²) in [6.07, 6.45) is 0. The molecule has 0 spiro atoms. The molecule has 7 aromatic rings. The molecular formula is C39H32BN3O2S. The van der Waals surface area contributed by atoms with Gasteiger partial charge in [-0.05, 0) is 56.4 Å². The van der Waals surface area contributed by atoms with Crippen LogP contribution in [0.3, 0.4) is 0 Å². The molecule has 0 N–H and O–H groups in total. The van der Waals surface area contributed by atoms with Crippen LogP contribution >= 0.6 is 11.3 Å². The number of aromatic nitrogens is 3. The van der Waals surface area contributed by atoms with Crippen molar-refractivity contribution in [3.8, 4) is 45.3 Å². The van der Waals surface area contributed by atoms with Crippen LogP contribution in [0.1, 0.15) is 27.7 Å². The van der Waals surface area contributed by atoms with Crippen molar-refractivity contribution < 1.29 is 9.31 Å². The summed E-state index contributed by atoms with van der Waals surface area (Å²) < 4.78 is 15.7. The lowest BCUT2D eigenvalue weighted by atomic mass is 9.73. The highest BCUT2D eigenvalue weighted by molar-refractivity contribution is 7.26. The number of hydrogen-bond acceptors (Lipinski definition) is 6. The maximum absolute atomic E-state index is 6.61. The van der Waals surface area contributed by atoms with E-state index in [0.29, 0.717) is 17.5 Å². The van der Waals surface area contributed by atoms with E-state index in [1.165, 1.54) is 20.2 Å². The Kier molecular flexibility index (Phi) is 6.87. The van der Waals surface area contributed by atoms with Crippen LogP contribution in [0.25, 0.3) is 65.5 Å². The first-order valence-corrected chi connectivity index (χ1v) is 16.4. The van der Waals surface area contributed by atoms with Gasteiger partial charge in [0, 0.05) is 36.9 Å². The molecule has 224 valence electrons. The van der Waals surface area contributed by atoms with E-state index in [1.54, 1.807) is 0 Å². The highest BCUT2D eigenvalue weighted by Crippen LogP contribution is 2.42. The Morgan fingerprint density at radius 3 is 1.54 bits per heavy atom. The third-order valence-electron chi connectivity index (χ3n) is 9.21. The van der Waals surface area contributed by atoms with Crippen molar-refractivity contribution >= 4 is 44.1 Å². The van der Waals surface area contributed by atoms with Gasteiger partial charge in [-0.15, -0.1) is 11.3 Å². The zero-order chi connectivity index (χ0) is 31.5. The van der Waals surface area contributed by atoms with Gasteiger partial charge in [0.15, 0.2) is 17.5 Å². The first kappa shape index (κ1) is 28.8. The minimum Gasteiger partial charge on any atom is -0.399 e. The molecule has 0 radical (unpaired) electrons. The molecule has 7 heteroatoms. The quantitative estimate of drug-likeness (QED) is 0.180. The van der Waals surface area contributed by atoms with E-state index < -0.39 is 18.3 Å². The van der Waals surface area contributed by atoms with Gasteiger partial charge in [-0.1, -0.05) is 109 Å². The zero-order valence-electron chi connectivity index (χ0n) is 26.2. The molecule has 5 aromatic carbocycles. The van der Waals surface area contributed by atoms with Crippen LogP contribution in [0.15, 0.2) is 121 Å². The van der Waals surface area contributed by atoms with E-state index in [0.717, 1.165) is 33.3 Å². The molecule has 0 saturated carbocycles. The molecule has 0 atom stereocenters. The summed E-state index contributed by atoms with van der Waals surface area (Å²) in [4.78, 5) is 14.7. The van der Waals surface area contributed by atoms with Crippen molar-refractivity contribution in [2.45, 2.75) is 38.9 Å². The first-order chi connectivity index (χ1) is 22.3. The van der Waals surface area contributed by atoms with E-state index in [4.69, 9.17) is 24.3 Å². The van der Waals surface area contributed by atoms with E-state index in [1.807, 2.05) is 72.0 Å². The molecule has 1 aliphatic heterocycles. The number of thiophene rings is 1. The van der Waals surface area contributed by atoms with Crippen molar-refractivity contribution in [1.82, 2.24) is 15.0 Å². The number of rotatable bonds is 5. The summed E-state index contributed by atoms with van der Waals surface area (Å²) in [5.74, 6) is 1.92. The summed E-state index contributed by atoms with van der Waals surface area (Å²) >= 11 is 1.81. The molecule has 0 bridgehead atoms. The molecule has 8 rings (SSSR count). The van der Waals surface area contributed by atoms with Crippen LogP contribution in [0, 0.1) is 0 Å². The normalized spacial score (nSPS) is 15.5. The molecule has 0 aliphatic carbocycles. The third-order valence-corrected chi connectivity index (χ3v) is 10.4. The molecule has 0 amide bonds. The van der Waals surface area contributed by atoms with Crippen LogP contribution in [-0.4, -0.2) is 33.3 Å². The lowest BCUT2D eigenvalue weighted by Crippen LogP contribution is -2.41. The Morgan fingerprint density at radius 1 is 0.500 bits per heavy atom. The van der Waals surface area contributed by atoms with Crippen molar-refractivity contribution in [1.29, 1.82) is 0 Å². The molecule has 0 unspecified atom stereocenters. The second-order valence-electron chi connectivity index (χ2n) is 12.7. The summed E-state index contributed by atoms with van der Waals surface area (Å²) in [5.41, 5.74) is 5.16. The third kappa shape index (κ3) is 4.92. The van der Waals surface area contributed by atoms with Crippen LogP contribution in [0.4, 0.5) is 0 Å². The van der Waals surface area contributed by atoms with Crippen LogP contribution in [-0.2, 0) is 9.31 Å². The fraction of sp³-hybridized carbons (Fsp3) is 0.154. The molecular weight excluding hydrogens is 585 g/mol. The molecule has 1 saturated heterocycles. The van der Waals surface area contributed by atoms with Gasteiger partial charge >= 0.3 is 7.12 Å². The average molecular weight is 618 g/mol. The number of fused-ring (bicyclic) bond motifs is 3. The van der Waals surface area contributed by atoms with E-state index in [-0.39, 0.29) is 0 Å². The topological polar surface area (TPSA) is 57.1 Å². The first-order valence-electron chi connectivity index (χ1n) is 15.5.